The van der Waals surface area contributed by atoms with E-state index in [2.05, 4.69) is 5.32 Å². The summed E-state index contributed by atoms with van der Waals surface area (Å²) in [5.41, 5.74) is 0. The van der Waals surface area contributed by atoms with E-state index in [1.165, 1.54) is 0 Å². The lowest BCUT2D eigenvalue weighted by Gasteiger charge is -2.32. The van der Waals surface area contributed by atoms with Crippen molar-refractivity contribution in [3.05, 3.63) is 0 Å². The number of aliphatic carboxylic acids is 1. The Morgan fingerprint density at radius 2 is 2.10 bits per heavy atom. The van der Waals surface area contributed by atoms with E-state index in [4.69, 9.17) is 10.2 Å². The maximum Gasteiger partial charge on any atom is 0.317 e. The molecule has 20 heavy (non-hydrogen) atoms. The van der Waals surface area contributed by atoms with Crippen molar-refractivity contribution in [3.63, 3.8) is 0 Å². The zero-order valence-electron chi connectivity index (χ0n) is 12.3. The molecule has 2 amide bonds. The summed E-state index contributed by atoms with van der Waals surface area (Å²) < 4.78 is 0. The molecule has 1 aliphatic heterocycles. The van der Waals surface area contributed by atoms with Crippen LogP contribution in [0.1, 0.15) is 33.1 Å². The van der Waals surface area contributed by atoms with Gasteiger partial charge >= 0.3 is 12.0 Å². The third-order valence-corrected chi connectivity index (χ3v) is 3.67. The quantitative estimate of drug-likeness (QED) is 0.683. The molecule has 116 valence electrons. The van der Waals surface area contributed by atoms with Gasteiger partial charge in [-0.05, 0) is 31.1 Å². The van der Waals surface area contributed by atoms with Crippen molar-refractivity contribution in [3.8, 4) is 0 Å². The molecule has 6 heteroatoms. The van der Waals surface area contributed by atoms with Gasteiger partial charge < -0.3 is 20.4 Å². The first-order chi connectivity index (χ1) is 9.43. The summed E-state index contributed by atoms with van der Waals surface area (Å²) in [4.78, 5) is 24.8. The Labute approximate surface area is 120 Å². The summed E-state index contributed by atoms with van der Waals surface area (Å²) in [6.45, 7) is 5.40. The number of urea groups is 1. The molecule has 3 N–H and O–H groups in total. The number of hydrogen-bond acceptors (Lipinski definition) is 3. The summed E-state index contributed by atoms with van der Waals surface area (Å²) in [7, 11) is 0. The van der Waals surface area contributed by atoms with Crippen LogP contribution in [-0.2, 0) is 4.79 Å². The fourth-order valence-corrected chi connectivity index (χ4v) is 2.56. The Bertz CT molecular complexity index is 333. The second-order valence-corrected chi connectivity index (χ2v) is 5.99. The highest BCUT2D eigenvalue weighted by atomic mass is 16.4. The predicted octanol–water partition coefficient (Wildman–Crippen LogP) is 1.15. The fraction of sp³-hybridized carbons (Fsp3) is 0.857. The van der Waals surface area contributed by atoms with Crippen LogP contribution in [0.4, 0.5) is 4.79 Å². The Morgan fingerprint density at radius 1 is 1.40 bits per heavy atom. The van der Waals surface area contributed by atoms with Crippen molar-refractivity contribution in [2.24, 2.45) is 17.8 Å². The normalized spacial score (nSPS) is 20.8. The number of carbonyl (C=O) groups is 2. The molecule has 0 radical (unpaired) electrons. The Kier molecular flexibility index (Phi) is 6.78. The van der Waals surface area contributed by atoms with E-state index in [0.29, 0.717) is 19.5 Å². The monoisotopic (exact) mass is 286 g/mol. The first kappa shape index (κ1) is 16.8. The van der Waals surface area contributed by atoms with Crippen molar-refractivity contribution in [2.45, 2.75) is 33.1 Å². The summed E-state index contributed by atoms with van der Waals surface area (Å²) in [6.07, 6.45) is 2.37. The van der Waals surface area contributed by atoms with Gasteiger partial charge in [0.25, 0.3) is 0 Å². The molecule has 0 aliphatic carbocycles. The maximum absolute atomic E-state index is 12.0. The second-order valence-electron chi connectivity index (χ2n) is 5.99. The van der Waals surface area contributed by atoms with Crippen molar-refractivity contribution in [1.29, 1.82) is 0 Å². The zero-order valence-corrected chi connectivity index (χ0v) is 12.3. The molecule has 0 spiro atoms. The first-order valence-electron chi connectivity index (χ1n) is 7.30. The SMILES string of the molecule is CC(C)CC(CNC(=O)N1CCCC(CO)C1)C(=O)O. The summed E-state index contributed by atoms with van der Waals surface area (Å²) >= 11 is 0. The van der Waals surface area contributed by atoms with Crippen molar-refractivity contribution < 1.29 is 19.8 Å². The maximum atomic E-state index is 12.0. The molecule has 1 rings (SSSR count). The van der Waals surface area contributed by atoms with E-state index in [9.17, 15) is 9.59 Å². The molecule has 1 aliphatic rings. The molecular weight excluding hydrogens is 260 g/mol. The highest BCUT2D eigenvalue weighted by Gasteiger charge is 2.25. The van der Waals surface area contributed by atoms with E-state index < -0.39 is 11.9 Å². The first-order valence-corrected chi connectivity index (χ1v) is 7.30. The molecular formula is C14H26N2O4. The largest absolute Gasteiger partial charge is 0.481 e. The highest BCUT2D eigenvalue weighted by molar-refractivity contribution is 5.76. The molecule has 0 aromatic rings. The van der Waals surface area contributed by atoms with Crippen LogP contribution < -0.4 is 5.32 Å². The average molecular weight is 286 g/mol. The number of nitrogens with one attached hydrogen (secondary N) is 1. The number of hydrogen-bond donors (Lipinski definition) is 3. The van der Waals surface area contributed by atoms with Gasteiger partial charge in [0.05, 0.1) is 5.92 Å². The van der Waals surface area contributed by atoms with Crippen LogP contribution in [0.25, 0.3) is 0 Å². The lowest BCUT2D eigenvalue weighted by Crippen LogP contribution is -2.47. The number of aliphatic hydroxyl groups excluding tert-OH is 1. The molecule has 1 heterocycles. The summed E-state index contributed by atoms with van der Waals surface area (Å²) in [5, 5.41) is 21.0. The Morgan fingerprint density at radius 3 is 2.65 bits per heavy atom. The van der Waals surface area contributed by atoms with Crippen LogP contribution in [-0.4, -0.2) is 53.4 Å². The fourth-order valence-electron chi connectivity index (χ4n) is 2.56. The van der Waals surface area contributed by atoms with Crippen molar-refractivity contribution in [2.75, 3.05) is 26.2 Å². The number of piperidine rings is 1. The van der Waals surface area contributed by atoms with Gasteiger partial charge in [-0.1, -0.05) is 13.8 Å². The van der Waals surface area contributed by atoms with Gasteiger partial charge in [-0.2, -0.15) is 0 Å². The van der Waals surface area contributed by atoms with Crippen molar-refractivity contribution >= 4 is 12.0 Å². The van der Waals surface area contributed by atoms with E-state index in [1.807, 2.05) is 13.8 Å². The lowest BCUT2D eigenvalue weighted by molar-refractivity contribution is -0.142. The summed E-state index contributed by atoms with van der Waals surface area (Å²) in [6, 6.07) is -0.224. The standard InChI is InChI=1S/C14H26N2O4/c1-10(2)6-12(13(18)19)7-15-14(20)16-5-3-4-11(8-16)9-17/h10-12,17H,3-9H2,1-2H3,(H,15,20)(H,18,19). The summed E-state index contributed by atoms with van der Waals surface area (Å²) in [5.74, 6) is -0.995. The Balaban J connectivity index is 2.42. The molecule has 0 bridgehead atoms. The number of rotatable bonds is 6. The molecule has 2 atom stereocenters. The van der Waals surface area contributed by atoms with E-state index >= 15 is 0 Å². The second kappa shape index (κ2) is 8.09. The minimum Gasteiger partial charge on any atom is -0.481 e. The molecule has 0 aromatic heterocycles. The van der Waals surface area contributed by atoms with E-state index in [0.717, 1.165) is 12.8 Å². The number of aliphatic hydroxyl groups is 1. The highest BCUT2D eigenvalue weighted by Crippen LogP contribution is 2.16. The number of carbonyl (C=O) groups excluding carboxylic acids is 1. The number of nitrogens with zero attached hydrogens (tertiary/aromatic N) is 1. The van der Waals surface area contributed by atoms with Crippen LogP contribution in [0.15, 0.2) is 0 Å². The molecule has 0 aromatic carbocycles. The van der Waals surface area contributed by atoms with Gasteiger partial charge in [-0.15, -0.1) is 0 Å². The third-order valence-electron chi connectivity index (χ3n) is 3.67. The van der Waals surface area contributed by atoms with E-state index in [-0.39, 0.29) is 31.0 Å². The van der Waals surface area contributed by atoms with Crippen LogP contribution >= 0.6 is 0 Å². The predicted molar refractivity (Wildman–Crippen MR) is 75.4 cm³/mol. The minimum atomic E-state index is -0.870. The minimum absolute atomic E-state index is 0.0921. The van der Waals surface area contributed by atoms with Gasteiger partial charge in [0.15, 0.2) is 0 Å². The number of carboxylic acid groups (broad SMARTS) is 1. The molecule has 1 saturated heterocycles. The van der Waals surface area contributed by atoms with Crippen LogP contribution in [0, 0.1) is 17.8 Å². The number of likely N-dealkylation sites (tertiary alicyclic amines) is 1. The van der Waals surface area contributed by atoms with Crippen LogP contribution in [0.2, 0.25) is 0 Å². The van der Waals surface area contributed by atoms with Crippen molar-refractivity contribution in [1.82, 2.24) is 10.2 Å². The average Bonchev–Trinajstić information content (AvgIpc) is 2.42. The van der Waals surface area contributed by atoms with Gasteiger partial charge in [-0.3, -0.25) is 4.79 Å². The third kappa shape index (κ3) is 5.36. The van der Waals surface area contributed by atoms with E-state index in [1.54, 1.807) is 4.90 Å². The van der Waals surface area contributed by atoms with Gasteiger partial charge in [0.1, 0.15) is 0 Å². The molecule has 6 nitrogen and oxygen atoms in total. The lowest BCUT2D eigenvalue weighted by atomic mass is 9.97. The van der Waals surface area contributed by atoms with Gasteiger partial charge in [0, 0.05) is 26.2 Å². The van der Waals surface area contributed by atoms with Gasteiger partial charge in [-0.25, -0.2) is 4.79 Å². The van der Waals surface area contributed by atoms with Crippen LogP contribution in [0.5, 0.6) is 0 Å². The molecule has 2 unspecified atom stereocenters. The smallest absolute Gasteiger partial charge is 0.317 e. The molecule has 1 fully saturated rings. The molecule has 0 saturated carbocycles. The van der Waals surface area contributed by atoms with Gasteiger partial charge in [0.2, 0.25) is 0 Å². The zero-order chi connectivity index (χ0) is 15.1. The number of amides is 2. The Hall–Kier alpha value is -1.30. The van der Waals surface area contributed by atoms with Crippen LogP contribution in [0.3, 0.4) is 0 Å². The topological polar surface area (TPSA) is 89.9 Å². The number of carboxylic acids is 1.